The average Bonchev–Trinajstić information content (AvgIpc) is 2.89. The Kier molecular flexibility index (Phi) is 5.76. The van der Waals surface area contributed by atoms with Gasteiger partial charge in [0.1, 0.15) is 0 Å². The van der Waals surface area contributed by atoms with Crippen LogP contribution in [0.15, 0.2) is 24.3 Å². The van der Waals surface area contributed by atoms with Gasteiger partial charge >= 0.3 is 0 Å². The van der Waals surface area contributed by atoms with Gasteiger partial charge in [0.2, 0.25) is 5.91 Å². The average molecular weight is 362 g/mol. The van der Waals surface area contributed by atoms with Crippen molar-refractivity contribution in [3.8, 4) is 0 Å². The molecular weight excluding hydrogens is 330 g/mol. The molecule has 3 rings (SSSR count). The maximum atomic E-state index is 12.8. The molecule has 2 N–H and O–H groups in total. The van der Waals surface area contributed by atoms with Crippen LogP contribution in [0.2, 0.25) is 0 Å². The van der Waals surface area contributed by atoms with Crippen molar-refractivity contribution in [2.45, 2.75) is 49.9 Å². The summed E-state index contributed by atoms with van der Waals surface area (Å²) in [6.07, 6.45) is 5.34. The van der Waals surface area contributed by atoms with E-state index in [9.17, 15) is 4.79 Å². The zero-order valence-corrected chi connectivity index (χ0v) is 16.5. The fourth-order valence-electron chi connectivity index (χ4n) is 3.94. The van der Waals surface area contributed by atoms with E-state index < -0.39 is 6.04 Å². The van der Waals surface area contributed by atoms with E-state index in [1.165, 1.54) is 11.1 Å². The number of rotatable bonds is 4. The molecule has 0 bridgehead atoms. The largest absolute Gasteiger partial charge is 0.340 e. The van der Waals surface area contributed by atoms with Gasteiger partial charge in [-0.3, -0.25) is 9.69 Å². The number of hydrogen-bond donors (Lipinski definition) is 1. The zero-order chi connectivity index (χ0) is 18.0. The van der Waals surface area contributed by atoms with Crippen LogP contribution in [0, 0.1) is 0 Å². The van der Waals surface area contributed by atoms with E-state index in [0.29, 0.717) is 6.04 Å². The monoisotopic (exact) mass is 361 g/mol. The van der Waals surface area contributed by atoms with Crippen LogP contribution in [0.5, 0.6) is 0 Å². The normalized spacial score (nSPS) is 21.0. The van der Waals surface area contributed by atoms with Crippen LogP contribution in [-0.2, 0) is 17.6 Å². The molecule has 0 radical (unpaired) electrons. The molecule has 0 spiro atoms. The van der Waals surface area contributed by atoms with E-state index in [4.69, 9.17) is 5.73 Å². The summed E-state index contributed by atoms with van der Waals surface area (Å²) in [5.41, 5.74) is 9.26. The first-order valence-electron chi connectivity index (χ1n) is 9.32. The molecule has 1 amide bonds. The summed E-state index contributed by atoms with van der Waals surface area (Å²) in [4.78, 5) is 17.4. The number of fused-ring (bicyclic) bond motifs is 1. The number of carbonyl (C=O) groups excluding carboxylic acids is 1. The highest BCUT2D eigenvalue weighted by Gasteiger charge is 2.35. The van der Waals surface area contributed by atoms with Gasteiger partial charge in [-0.1, -0.05) is 24.3 Å². The molecule has 5 heteroatoms. The third-order valence-electron chi connectivity index (χ3n) is 5.93. The Balaban J connectivity index is 1.59. The topological polar surface area (TPSA) is 49.6 Å². The lowest BCUT2D eigenvalue weighted by Crippen LogP contribution is -2.54. The molecule has 1 aliphatic heterocycles. The number of carbonyl (C=O) groups is 1. The lowest BCUT2D eigenvalue weighted by atomic mass is 10.0. The van der Waals surface area contributed by atoms with Crippen molar-refractivity contribution in [2.75, 3.05) is 32.4 Å². The van der Waals surface area contributed by atoms with Gasteiger partial charge in [0.15, 0.2) is 0 Å². The predicted octanol–water partition coefficient (Wildman–Crippen LogP) is 2.16. The summed E-state index contributed by atoms with van der Waals surface area (Å²) in [5, 5.41) is 0. The van der Waals surface area contributed by atoms with Crippen LogP contribution >= 0.6 is 11.8 Å². The maximum absolute atomic E-state index is 12.8. The van der Waals surface area contributed by atoms with Crippen molar-refractivity contribution in [2.24, 2.45) is 5.73 Å². The summed E-state index contributed by atoms with van der Waals surface area (Å²) < 4.78 is -0.226. The molecule has 25 heavy (non-hydrogen) atoms. The third kappa shape index (κ3) is 4.04. The van der Waals surface area contributed by atoms with Crippen molar-refractivity contribution in [3.63, 3.8) is 0 Å². The molecule has 1 atom stereocenters. The Labute approximate surface area is 156 Å². The minimum absolute atomic E-state index is 0.107. The number of nitrogens with two attached hydrogens (primary N) is 1. The van der Waals surface area contributed by atoms with E-state index in [2.05, 4.69) is 43.0 Å². The number of thioether (sulfide) groups is 1. The van der Waals surface area contributed by atoms with Gasteiger partial charge in [0.05, 0.1) is 6.04 Å². The van der Waals surface area contributed by atoms with Gasteiger partial charge in [0.25, 0.3) is 0 Å². The molecule has 1 saturated heterocycles. The molecular formula is C20H31N3OS. The number of amides is 1. The van der Waals surface area contributed by atoms with Crippen molar-refractivity contribution < 1.29 is 4.79 Å². The van der Waals surface area contributed by atoms with Gasteiger partial charge in [-0.2, -0.15) is 11.8 Å². The molecule has 4 nitrogen and oxygen atoms in total. The molecule has 0 unspecified atom stereocenters. The Hall–Kier alpha value is -1.04. The first-order chi connectivity index (χ1) is 11.9. The second-order valence-electron chi connectivity index (χ2n) is 7.83. The molecule has 1 aromatic carbocycles. The van der Waals surface area contributed by atoms with E-state index in [0.717, 1.165) is 45.4 Å². The van der Waals surface area contributed by atoms with E-state index >= 15 is 0 Å². The lowest BCUT2D eigenvalue weighted by molar-refractivity contribution is -0.133. The first-order valence-corrected chi connectivity index (χ1v) is 10.5. The fourth-order valence-corrected chi connectivity index (χ4v) is 4.29. The van der Waals surface area contributed by atoms with Gasteiger partial charge in [-0.05, 0) is 50.5 Å². The Morgan fingerprint density at radius 2 is 1.80 bits per heavy atom. The number of hydrogen-bond acceptors (Lipinski definition) is 4. The summed E-state index contributed by atoms with van der Waals surface area (Å²) in [5.74, 6) is 0.107. The summed E-state index contributed by atoms with van der Waals surface area (Å²) in [6, 6.07) is 8.94. The highest BCUT2D eigenvalue weighted by atomic mass is 32.2. The van der Waals surface area contributed by atoms with E-state index in [1.807, 2.05) is 11.2 Å². The van der Waals surface area contributed by atoms with Gasteiger partial charge in [0, 0.05) is 37.0 Å². The SMILES string of the molecule is CSC(C)(C)[C@H](N)C(=O)N1CCCN(C2Cc3ccccc3C2)CC1. The second kappa shape index (κ2) is 7.68. The first kappa shape index (κ1) is 18.7. The molecule has 1 fully saturated rings. The Morgan fingerprint density at radius 1 is 1.16 bits per heavy atom. The molecule has 1 aromatic rings. The van der Waals surface area contributed by atoms with Crippen LogP contribution in [0.4, 0.5) is 0 Å². The van der Waals surface area contributed by atoms with Crippen LogP contribution in [0.1, 0.15) is 31.4 Å². The maximum Gasteiger partial charge on any atom is 0.240 e. The summed E-state index contributed by atoms with van der Waals surface area (Å²) >= 11 is 1.66. The highest BCUT2D eigenvalue weighted by Crippen LogP contribution is 2.27. The fraction of sp³-hybridized carbons (Fsp3) is 0.650. The summed E-state index contributed by atoms with van der Waals surface area (Å²) in [7, 11) is 0. The van der Waals surface area contributed by atoms with E-state index in [-0.39, 0.29) is 10.7 Å². The number of benzene rings is 1. The third-order valence-corrected chi connectivity index (χ3v) is 7.24. The van der Waals surface area contributed by atoms with Crippen LogP contribution in [-0.4, -0.2) is 65.0 Å². The Morgan fingerprint density at radius 3 is 2.40 bits per heavy atom. The van der Waals surface area contributed by atoms with Crippen molar-refractivity contribution in [3.05, 3.63) is 35.4 Å². The van der Waals surface area contributed by atoms with Crippen molar-refractivity contribution in [1.29, 1.82) is 0 Å². The van der Waals surface area contributed by atoms with Crippen LogP contribution in [0.25, 0.3) is 0 Å². The molecule has 1 aliphatic carbocycles. The standard InChI is InChI=1S/C20H31N3OS/c1-20(2,25-3)18(21)19(24)23-10-6-9-22(11-12-23)17-13-15-7-4-5-8-16(15)14-17/h4-5,7-8,17-18H,6,9-14,21H2,1-3H3/t18-/m1/s1. The minimum atomic E-state index is -0.440. The quantitative estimate of drug-likeness (QED) is 0.893. The molecule has 0 saturated carbocycles. The molecule has 138 valence electrons. The van der Waals surface area contributed by atoms with Crippen LogP contribution in [0.3, 0.4) is 0 Å². The van der Waals surface area contributed by atoms with Gasteiger partial charge in [-0.15, -0.1) is 0 Å². The van der Waals surface area contributed by atoms with Gasteiger partial charge in [-0.25, -0.2) is 0 Å². The second-order valence-corrected chi connectivity index (χ2v) is 9.29. The molecule has 0 aromatic heterocycles. The molecule has 2 aliphatic rings. The Bertz CT molecular complexity index is 594. The smallest absolute Gasteiger partial charge is 0.240 e. The summed E-state index contributed by atoms with van der Waals surface area (Å²) in [6.45, 7) is 7.76. The lowest BCUT2D eigenvalue weighted by Gasteiger charge is -2.33. The van der Waals surface area contributed by atoms with Gasteiger partial charge < -0.3 is 10.6 Å². The van der Waals surface area contributed by atoms with Crippen molar-refractivity contribution in [1.82, 2.24) is 9.80 Å². The minimum Gasteiger partial charge on any atom is -0.340 e. The van der Waals surface area contributed by atoms with E-state index in [1.54, 1.807) is 11.8 Å². The predicted molar refractivity (Wildman–Crippen MR) is 106 cm³/mol. The van der Waals surface area contributed by atoms with Crippen LogP contribution < -0.4 is 5.73 Å². The molecule has 1 heterocycles. The van der Waals surface area contributed by atoms with Crippen molar-refractivity contribution >= 4 is 17.7 Å². The number of nitrogens with zero attached hydrogens (tertiary/aromatic N) is 2. The zero-order valence-electron chi connectivity index (χ0n) is 15.7. The highest BCUT2D eigenvalue weighted by molar-refractivity contribution is 8.00.